The van der Waals surface area contributed by atoms with Crippen LogP contribution in [-0.2, 0) is 21.5 Å². The average molecular weight is 413 g/mol. The van der Waals surface area contributed by atoms with Gasteiger partial charge < -0.3 is 19.7 Å². The molecule has 1 spiro atoms. The van der Waals surface area contributed by atoms with E-state index in [9.17, 15) is 9.59 Å². The number of anilines is 1. The number of rotatable bonds is 3. The molecule has 0 atom stereocenters. The zero-order chi connectivity index (χ0) is 19.8. The first-order valence-electron chi connectivity index (χ1n) is 10.0. The first-order valence-corrected chi connectivity index (χ1v) is 10.9. The maximum atomic E-state index is 13.0. The molecule has 29 heavy (non-hydrogen) atoms. The van der Waals surface area contributed by atoms with Crippen LogP contribution >= 0.6 is 11.3 Å². The summed E-state index contributed by atoms with van der Waals surface area (Å²) in [7, 11) is 0. The predicted octanol–water partition coefficient (Wildman–Crippen LogP) is 3.10. The summed E-state index contributed by atoms with van der Waals surface area (Å²) < 4.78 is 11.6. The van der Waals surface area contributed by atoms with Gasteiger partial charge in [0.25, 0.3) is 0 Å². The van der Waals surface area contributed by atoms with Crippen molar-refractivity contribution < 1.29 is 19.1 Å². The Morgan fingerprint density at radius 1 is 1.17 bits per heavy atom. The lowest BCUT2D eigenvalue weighted by Gasteiger charge is -2.43. The Morgan fingerprint density at radius 3 is 2.66 bits per heavy atom. The molecule has 5 rings (SSSR count). The third-order valence-corrected chi connectivity index (χ3v) is 6.79. The standard InChI is InChI=1S/C21H23N3O4S/c25-18(23-20-22-5-8-29-20)11-19(26)24-12-14-9-16-17(28-7-6-27-16)10-15(14)21(13-24)3-1-2-4-21/h5,8-10H,1-4,6-7,11-13H2,(H,22,23,25). The van der Waals surface area contributed by atoms with E-state index in [4.69, 9.17) is 9.47 Å². The number of benzene rings is 1. The van der Waals surface area contributed by atoms with E-state index in [1.807, 2.05) is 11.0 Å². The number of hydrogen-bond donors (Lipinski definition) is 1. The second-order valence-electron chi connectivity index (χ2n) is 7.95. The van der Waals surface area contributed by atoms with Gasteiger partial charge in [0.2, 0.25) is 11.8 Å². The summed E-state index contributed by atoms with van der Waals surface area (Å²) in [4.78, 5) is 31.1. The summed E-state index contributed by atoms with van der Waals surface area (Å²) in [6, 6.07) is 4.16. The van der Waals surface area contributed by atoms with Crippen molar-refractivity contribution >= 4 is 28.3 Å². The number of aromatic nitrogens is 1. The number of fused-ring (bicyclic) bond motifs is 3. The second kappa shape index (κ2) is 7.33. The fourth-order valence-corrected chi connectivity index (χ4v) is 5.37. The number of carbonyl (C=O) groups is 2. The molecule has 0 radical (unpaired) electrons. The van der Waals surface area contributed by atoms with Crippen molar-refractivity contribution in [3.05, 3.63) is 34.8 Å². The van der Waals surface area contributed by atoms with Crippen molar-refractivity contribution in [3.8, 4) is 11.5 Å². The van der Waals surface area contributed by atoms with Gasteiger partial charge in [0.1, 0.15) is 19.6 Å². The Morgan fingerprint density at radius 2 is 1.93 bits per heavy atom. The molecule has 152 valence electrons. The molecule has 1 fully saturated rings. The van der Waals surface area contributed by atoms with E-state index in [1.54, 1.807) is 11.6 Å². The third kappa shape index (κ3) is 3.46. The van der Waals surface area contributed by atoms with Crippen molar-refractivity contribution in [3.63, 3.8) is 0 Å². The minimum Gasteiger partial charge on any atom is -0.486 e. The number of amides is 2. The predicted molar refractivity (Wildman–Crippen MR) is 108 cm³/mol. The molecule has 0 saturated heterocycles. The Hall–Kier alpha value is -2.61. The quantitative estimate of drug-likeness (QED) is 0.782. The summed E-state index contributed by atoms with van der Waals surface area (Å²) in [5.41, 5.74) is 2.34. The first kappa shape index (κ1) is 18.4. The molecule has 2 aliphatic heterocycles. The minimum absolute atomic E-state index is 0.0507. The zero-order valence-corrected chi connectivity index (χ0v) is 16.9. The summed E-state index contributed by atoms with van der Waals surface area (Å²) in [6.45, 7) is 2.26. The Labute approximate surface area is 173 Å². The highest BCUT2D eigenvalue weighted by molar-refractivity contribution is 7.13. The normalized spacial score (nSPS) is 19.1. The Balaban J connectivity index is 1.39. The lowest BCUT2D eigenvalue weighted by Crippen LogP contribution is -2.47. The summed E-state index contributed by atoms with van der Waals surface area (Å²) in [6.07, 6.45) is 5.86. The van der Waals surface area contributed by atoms with Crippen LogP contribution in [0.2, 0.25) is 0 Å². The Bertz CT molecular complexity index is 938. The van der Waals surface area contributed by atoms with E-state index >= 15 is 0 Å². The molecule has 2 aromatic rings. The van der Waals surface area contributed by atoms with Crippen LogP contribution in [0.3, 0.4) is 0 Å². The van der Waals surface area contributed by atoms with E-state index in [0.29, 0.717) is 31.4 Å². The zero-order valence-electron chi connectivity index (χ0n) is 16.1. The maximum Gasteiger partial charge on any atom is 0.235 e. The van der Waals surface area contributed by atoms with E-state index in [0.717, 1.165) is 42.7 Å². The number of nitrogens with zero attached hydrogens (tertiary/aromatic N) is 2. The molecule has 3 heterocycles. The van der Waals surface area contributed by atoms with E-state index in [2.05, 4.69) is 16.4 Å². The van der Waals surface area contributed by atoms with E-state index in [1.165, 1.54) is 16.9 Å². The van der Waals surface area contributed by atoms with Crippen LogP contribution < -0.4 is 14.8 Å². The molecule has 8 heteroatoms. The van der Waals surface area contributed by atoms with Gasteiger partial charge >= 0.3 is 0 Å². The van der Waals surface area contributed by atoms with Gasteiger partial charge in [-0.1, -0.05) is 12.8 Å². The molecular weight excluding hydrogens is 390 g/mol. The average Bonchev–Trinajstić information content (AvgIpc) is 3.39. The van der Waals surface area contributed by atoms with Crippen molar-refractivity contribution in [2.45, 2.75) is 44.1 Å². The van der Waals surface area contributed by atoms with Crippen LogP contribution in [0.25, 0.3) is 0 Å². The molecular formula is C21H23N3O4S. The van der Waals surface area contributed by atoms with Gasteiger partial charge in [0, 0.05) is 30.1 Å². The third-order valence-electron chi connectivity index (χ3n) is 6.10. The molecule has 1 aliphatic carbocycles. The summed E-state index contributed by atoms with van der Waals surface area (Å²) >= 11 is 1.34. The van der Waals surface area contributed by atoms with Gasteiger partial charge in [0.15, 0.2) is 16.6 Å². The van der Waals surface area contributed by atoms with E-state index < -0.39 is 0 Å². The number of carbonyl (C=O) groups excluding carboxylic acids is 2. The first-order chi connectivity index (χ1) is 14.1. The molecule has 0 unspecified atom stereocenters. The highest BCUT2D eigenvalue weighted by Crippen LogP contribution is 2.49. The van der Waals surface area contributed by atoms with Gasteiger partial charge in [-0.25, -0.2) is 4.98 Å². The van der Waals surface area contributed by atoms with Gasteiger partial charge in [-0.2, -0.15) is 0 Å². The molecule has 1 aromatic heterocycles. The van der Waals surface area contributed by atoms with Crippen LogP contribution in [0.4, 0.5) is 5.13 Å². The van der Waals surface area contributed by atoms with Gasteiger partial charge in [0.05, 0.1) is 0 Å². The molecule has 1 saturated carbocycles. The van der Waals surface area contributed by atoms with Crippen molar-refractivity contribution in [1.82, 2.24) is 9.88 Å². The number of nitrogens with one attached hydrogen (secondary N) is 1. The van der Waals surface area contributed by atoms with Gasteiger partial charge in [-0.15, -0.1) is 11.3 Å². The van der Waals surface area contributed by atoms with Gasteiger partial charge in [-0.05, 0) is 36.1 Å². The van der Waals surface area contributed by atoms with Crippen LogP contribution in [0.15, 0.2) is 23.7 Å². The molecule has 2 amide bonds. The van der Waals surface area contributed by atoms with Crippen molar-refractivity contribution in [1.29, 1.82) is 0 Å². The molecule has 1 N–H and O–H groups in total. The SMILES string of the molecule is O=C(CC(=O)N1Cc2cc3c(cc2C2(CCCC2)C1)OCCO3)Nc1nccs1. The molecule has 0 bridgehead atoms. The largest absolute Gasteiger partial charge is 0.486 e. The molecule has 1 aromatic carbocycles. The number of thiazole rings is 1. The van der Waals surface area contributed by atoms with E-state index in [-0.39, 0.29) is 23.7 Å². The number of ether oxygens (including phenoxy) is 2. The summed E-state index contributed by atoms with van der Waals surface area (Å²) in [5, 5.41) is 5.00. The topological polar surface area (TPSA) is 80.8 Å². The van der Waals surface area contributed by atoms with Crippen LogP contribution in [0.1, 0.15) is 43.2 Å². The number of hydrogen-bond acceptors (Lipinski definition) is 6. The fourth-order valence-electron chi connectivity index (χ4n) is 4.82. The van der Waals surface area contributed by atoms with Crippen LogP contribution in [0, 0.1) is 0 Å². The highest BCUT2D eigenvalue weighted by atomic mass is 32.1. The molecule has 3 aliphatic rings. The maximum absolute atomic E-state index is 13.0. The fraction of sp³-hybridized carbons (Fsp3) is 0.476. The minimum atomic E-state index is -0.321. The van der Waals surface area contributed by atoms with Crippen LogP contribution in [-0.4, -0.2) is 41.5 Å². The molecule has 7 nitrogen and oxygen atoms in total. The highest BCUT2D eigenvalue weighted by Gasteiger charge is 2.44. The monoisotopic (exact) mass is 413 g/mol. The lowest BCUT2D eigenvalue weighted by molar-refractivity contribution is -0.136. The van der Waals surface area contributed by atoms with Crippen molar-refractivity contribution in [2.75, 3.05) is 25.1 Å². The summed E-state index contributed by atoms with van der Waals surface area (Å²) in [5.74, 6) is 1.09. The Kier molecular flexibility index (Phi) is 4.66. The second-order valence-corrected chi connectivity index (χ2v) is 8.85. The van der Waals surface area contributed by atoms with Crippen LogP contribution in [0.5, 0.6) is 11.5 Å². The van der Waals surface area contributed by atoms with Gasteiger partial charge in [-0.3, -0.25) is 9.59 Å². The van der Waals surface area contributed by atoms with Crippen molar-refractivity contribution in [2.24, 2.45) is 0 Å². The lowest BCUT2D eigenvalue weighted by atomic mass is 9.73. The smallest absolute Gasteiger partial charge is 0.235 e.